The van der Waals surface area contributed by atoms with Crippen LogP contribution < -0.4 is 14.8 Å². The molecule has 0 aliphatic carbocycles. The summed E-state index contributed by atoms with van der Waals surface area (Å²) in [5.74, 6) is 1.31. The molecule has 0 atom stereocenters. The van der Waals surface area contributed by atoms with Crippen LogP contribution in [0.15, 0.2) is 54.6 Å². The van der Waals surface area contributed by atoms with Crippen LogP contribution in [-0.4, -0.2) is 43.2 Å². The number of benzene rings is 2. The summed E-state index contributed by atoms with van der Waals surface area (Å²) in [5, 5.41) is 3.13. The largest absolute Gasteiger partial charge is 0.493 e. The predicted octanol–water partition coefficient (Wildman–Crippen LogP) is 4.28. The quantitative estimate of drug-likeness (QED) is 0.663. The van der Waals surface area contributed by atoms with Crippen molar-refractivity contribution in [2.45, 2.75) is 45.4 Å². The molecule has 0 aromatic heterocycles. The van der Waals surface area contributed by atoms with Gasteiger partial charge in [-0.1, -0.05) is 36.4 Å². The van der Waals surface area contributed by atoms with Crippen LogP contribution in [0.25, 0.3) is 6.08 Å². The van der Waals surface area contributed by atoms with Gasteiger partial charge in [-0.2, -0.15) is 0 Å². The summed E-state index contributed by atoms with van der Waals surface area (Å²) < 4.78 is 11.1. The van der Waals surface area contributed by atoms with Gasteiger partial charge in [0, 0.05) is 31.8 Å². The van der Waals surface area contributed by atoms with Crippen molar-refractivity contribution >= 4 is 12.0 Å². The van der Waals surface area contributed by atoms with Gasteiger partial charge < -0.3 is 14.8 Å². The predicted molar refractivity (Wildman–Crippen MR) is 121 cm³/mol. The maximum atomic E-state index is 12.4. The van der Waals surface area contributed by atoms with E-state index in [2.05, 4.69) is 34.5 Å². The lowest BCUT2D eigenvalue weighted by molar-refractivity contribution is -0.117. The number of amides is 1. The number of likely N-dealkylation sites (tertiary alicyclic amines) is 1. The third-order valence-electron chi connectivity index (χ3n) is 5.16. The Kier molecular flexibility index (Phi) is 7.91. The summed E-state index contributed by atoms with van der Waals surface area (Å²) in [6.07, 6.45) is 5.42. The van der Waals surface area contributed by atoms with E-state index in [-0.39, 0.29) is 18.1 Å². The molecule has 0 unspecified atom stereocenters. The Balaban J connectivity index is 1.47. The summed E-state index contributed by atoms with van der Waals surface area (Å²) >= 11 is 0. The Labute approximate surface area is 179 Å². The fourth-order valence-corrected chi connectivity index (χ4v) is 3.64. The lowest BCUT2D eigenvalue weighted by Gasteiger charge is -2.32. The first-order valence-electron chi connectivity index (χ1n) is 10.6. The average Bonchev–Trinajstić information content (AvgIpc) is 2.75. The number of methoxy groups -OCH3 is 1. The summed E-state index contributed by atoms with van der Waals surface area (Å²) in [6, 6.07) is 16.4. The Hall–Kier alpha value is -2.79. The lowest BCUT2D eigenvalue weighted by atomic mass is 10.0. The van der Waals surface area contributed by atoms with Crippen molar-refractivity contribution in [2.75, 3.05) is 20.2 Å². The molecule has 1 heterocycles. The molecule has 5 heteroatoms. The smallest absolute Gasteiger partial charge is 0.244 e. The van der Waals surface area contributed by atoms with Gasteiger partial charge in [0.2, 0.25) is 5.91 Å². The van der Waals surface area contributed by atoms with E-state index in [1.807, 2.05) is 44.2 Å². The highest BCUT2D eigenvalue weighted by molar-refractivity contribution is 5.92. The minimum atomic E-state index is -0.0574. The maximum absolute atomic E-state index is 12.4. The number of hydrogen-bond donors (Lipinski definition) is 1. The first-order chi connectivity index (χ1) is 14.5. The monoisotopic (exact) mass is 408 g/mol. The second-order valence-electron chi connectivity index (χ2n) is 7.95. The van der Waals surface area contributed by atoms with Crippen LogP contribution in [0, 0.1) is 0 Å². The molecule has 1 aliphatic heterocycles. The highest BCUT2D eigenvalue weighted by Gasteiger charge is 2.20. The molecule has 1 N–H and O–H groups in total. The number of piperidine rings is 1. The molecule has 0 bridgehead atoms. The SMILES string of the molecule is COc1cc(/C=C/C(=O)NC2CCN(Cc3ccccc3)CC2)ccc1OC(C)C. The summed E-state index contributed by atoms with van der Waals surface area (Å²) in [6.45, 7) is 6.92. The van der Waals surface area contributed by atoms with Crippen molar-refractivity contribution in [3.05, 3.63) is 65.7 Å². The van der Waals surface area contributed by atoms with E-state index >= 15 is 0 Å². The zero-order valence-corrected chi connectivity index (χ0v) is 18.1. The zero-order valence-electron chi connectivity index (χ0n) is 18.1. The first-order valence-corrected chi connectivity index (χ1v) is 10.6. The van der Waals surface area contributed by atoms with Gasteiger partial charge in [-0.15, -0.1) is 0 Å². The second-order valence-corrected chi connectivity index (χ2v) is 7.95. The van der Waals surface area contributed by atoms with Gasteiger partial charge >= 0.3 is 0 Å². The van der Waals surface area contributed by atoms with Gasteiger partial charge in [0.05, 0.1) is 13.2 Å². The third-order valence-corrected chi connectivity index (χ3v) is 5.16. The van der Waals surface area contributed by atoms with E-state index in [0.29, 0.717) is 11.5 Å². The van der Waals surface area contributed by atoms with Crippen LogP contribution in [0.1, 0.15) is 37.8 Å². The molecule has 3 rings (SSSR count). The van der Waals surface area contributed by atoms with Crippen LogP contribution in [0.5, 0.6) is 11.5 Å². The number of nitrogens with zero attached hydrogens (tertiary/aromatic N) is 1. The van der Waals surface area contributed by atoms with Crippen LogP contribution in [0.2, 0.25) is 0 Å². The van der Waals surface area contributed by atoms with Gasteiger partial charge in [0.1, 0.15) is 0 Å². The van der Waals surface area contributed by atoms with Gasteiger partial charge in [-0.25, -0.2) is 0 Å². The fraction of sp³-hybridized carbons (Fsp3) is 0.400. The molecule has 5 nitrogen and oxygen atoms in total. The number of carbonyl (C=O) groups is 1. The van der Waals surface area contributed by atoms with Gasteiger partial charge in [-0.3, -0.25) is 9.69 Å². The van der Waals surface area contributed by atoms with Crippen LogP contribution in [0.4, 0.5) is 0 Å². The molecule has 2 aromatic carbocycles. The zero-order chi connectivity index (χ0) is 21.3. The summed E-state index contributed by atoms with van der Waals surface area (Å²) in [7, 11) is 1.62. The molecule has 2 aromatic rings. The normalized spacial score (nSPS) is 15.5. The molecule has 1 fully saturated rings. The molecular weight excluding hydrogens is 376 g/mol. The second kappa shape index (κ2) is 10.8. The van der Waals surface area contributed by atoms with Gasteiger partial charge in [-0.05, 0) is 56.0 Å². The molecule has 160 valence electrons. The van der Waals surface area contributed by atoms with E-state index in [9.17, 15) is 4.79 Å². The van der Waals surface area contributed by atoms with Crippen molar-refractivity contribution < 1.29 is 14.3 Å². The number of nitrogens with one attached hydrogen (secondary N) is 1. The lowest BCUT2D eigenvalue weighted by Crippen LogP contribution is -2.43. The van der Waals surface area contributed by atoms with Crippen molar-refractivity contribution in [2.24, 2.45) is 0 Å². The highest BCUT2D eigenvalue weighted by atomic mass is 16.5. The number of ether oxygens (including phenoxy) is 2. The topological polar surface area (TPSA) is 50.8 Å². The standard InChI is InChI=1S/C25H32N2O3/c1-19(2)30-23-11-9-20(17-24(23)29-3)10-12-25(28)26-22-13-15-27(16-14-22)18-21-7-5-4-6-8-21/h4-12,17,19,22H,13-16,18H2,1-3H3,(H,26,28)/b12-10+. The minimum absolute atomic E-state index is 0.0574. The van der Waals surface area contributed by atoms with E-state index in [1.54, 1.807) is 13.2 Å². The van der Waals surface area contributed by atoms with Gasteiger partial charge in [0.15, 0.2) is 11.5 Å². The first kappa shape index (κ1) is 21.9. The number of rotatable bonds is 8. The van der Waals surface area contributed by atoms with Gasteiger partial charge in [0.25, 0.3) is 0 Å². The Morgan fingerprint density at radius 1 is 1.13 bits per heavy atom. The highest BCUT2D eigenvalue weighted by Crippen LogP contribution is 2.29. The molecule has 1 aliphatic rings. The van der Waals surface area contributed by atoms with Crippen molar-refractivity contribution in [3.8, 4) is 11.5 Å². The van der Waals surface area contributed by atoms with Crippen molar-refractivity contribution in [1.82, 2.24) is 10.2 Å². The average molecular weight is 409 g/mol. The van der Waals surface area contributed by atoms with Crippen molar-refractivity contribution in [3.63, 3.8) is 0 Å². The third kappa shape index (κ3) is 6.63. The van der Waals surface area contributed by atoms with E-state index in [1.165, 1.54) is 5.56 Å². The molecule has 1 saturated heterocycles. The molecule has 1 amide bonds. The summed E-state index contributed by atoms with van der Waals surface area (Å²) in [4.78, 5) is 14.8. The Bertz CT molecular complexity index is 841. The summed E-state index contributed by atoms with van der Waals surface area (Å²) in [5.41, 5.74) is 2.24. The van der Waals surface area contributed by atoms with E-state index in [4.69, 9.17) is 9.47 Å². The Morgan fingerprint density at radius 2 is 1.87 bits per heavy atom. The molecular formula is C25H32N2O3. The number of carbonyl (C=O) groups excluding carboxylic acids is 1. The van der Waals surface area contributed by atoms with Crippen LogP contribution in [0.3, 0.4) is 0 Å². The Morgan fingerprint density at radius 3 is 2.53 bits per heavy atom. The van der Waals surface area contributed by atoms with Crippen molar-refractivity contribution in [1.29, 1.82) is 0 Å². The number of hydrogen-bond acceptors (Lipinski definition) is 4. The van der Waals surface area contributed by atoms with E-state index < -0.39 is 0 Å². The minimum Gasteiger partial charge on any atom is -0.493 e. The molecule has 0 saturated carbocycles. The van der Waals surface area contributed by atoms with E-state index in [0.717, 1.165) is 38.0 Å². The maximum Gasteiger partial charge on any atom is 0.244 e. The van der Waals surface area contributed by atoms with Crippen LogP contribution in [-0.2, 0) is 11.3 Å². The molecule has 0 radical (unpaired) electrons. The van der Waals surface area contributed by atoms with Crippen LogP contribution >= 0.6 is 0 Å². The molecule has 0 spiro atoms. The molecule has 30 heavy (non-hydrogen) atoms. The fourth-order valence-electron chi connectivity index (χ4n) is 3.64.